The quantitative estimate of drug-likeness (QED) is 0.509. The Balaban J connectivity index is 2.16. The minimum atomic E-state index is -0.843. The van der Waals surface area contributed by atoms with Crippen LogP contribution in [0.3, 0.4) is 0 Å². The van der Waals surface area contributed by atoms with Gasteiger partial charge in [-0.05, 0) is 24.7 Å². The molecule has 1 fully saturated rings. The molecule has 0 saturated heterocycles. The molecule has 0 unspecified atom stereocenters. The van der Waals surface area contributed by atoms with Crippen molar-refractivity contribution in [1.82, 2.24) is 0 Å². The van der Waals surface area contributed by atoms with Crippen molar-refractivity contribution in [3.05, 3.63) is 12.2 Å². The van der Waals surface area contributed by atoms with E-state index in [1.54, 1.807) is 21.3 Å². The van der Waals surface area contributed by atoms with Crippen LogP contribution in [0.1, 0.15) is 12.8 Å². The van der Waals surface area contributed by atoms with Crippen LogP contribution in [0.4, 0.5) is 0 Å². The summed E-state index contributed by atoms with van der Waals surface area (Å²) in [5, 5.41) is 0. The number of rotatable bonds is 4. The first-order valence-corrected chi connectivity index (χ1v) is 5.09. The van der Waals surface area contributed by atoms with Crippen molar-refractivity contribution in [1.29, 1.82) is 0 Å². The van der Waals surface area contributed by atoms with E-state index < -0.39 is 5.97 Å². The fourth-order valence-corrected chi connectivity index (χ4v) is 2.89. The van der Waals surface area contributed by atoms with Gasteiger partial charge in [-0.15, -0.1) is 0 Å². The molecule has 0 radical (unpaired) electrons. The van der Waals surface area contributed by atoms with Crippen molar-refractivity contribution >= 4 is 0 Å². The van der Waals surface area contributed by atoms with Gasteiger partial charge in [-0.3, -0.25) is 0 Å². The molecule has 0 aromatic heterocycles. The smallest absolute Gasteiger partial charge is 0.285 e. The summed E-state index contributed by atoms with van der Waals surface area (Å²) < 4.78 is 16.2. The summed E-state index contributed by atoms with van der Waals surface area (Å²) in [5.41, 5.74) is 0. The molecule has 3 nitrogen and oxygen atoms in total. The Labute approximate surface area is 85.0 Å². The third-order valence-electron chi connectivity index (χ3n) is 3.59. The molecule has 2 bridgehead atoms. The predicted molar refractivity (Wildman–Crippen MR) is 52.6 cm³/mol. The molecule has 14 heavy (non-hydrogen) atoms. The van der Waals surface area contributed by atoms with E-state index in [-0.39, 0.29) is 0 Å². The lowest BCUT2D eigenvalue weighted by atomic mass is 9.91. The molecule has 0 aromatic rings. The second-order valence-electron chi connectivity index (χ2n) is 4.10. The Bertz CT molecular complexity index is 224. The highest BCUT2D eigenvalue weighted by Gasteiger charge is 2.50. The van der Waals surface area contributed by atoms with Gasteiger partial charge in [-0.25, -0.2) is 0 Å². The highest BCUT2D eigenvalue weighted by atomic mass is 16.9. The minimum Gasteiger partial charge on any atom is -0.331 e. The van der Waals surface area contributed by atoms with Gasteiger partial charge in [0.15, 0.2) is 0 Å². The zero-order valence-electron chi connectivity index (χ0n) is 9.03. The summed E-state index contributed by atoms with van der Waals surface area (Å²) in [6, 6.07) is 0. The van der Waals surface area contributed by atoms with E-state index in [4.69, 9.17) is 14.2 Å². The normalized spacial score (nSPS) is 35.5. The molecule has 1 saturated carbocycles. The maximum atomic E-state index is 5.39. The zero-order chi connectivity index (χ0) is 10.2. The molecule has 0 aromatic carbocycles. The summed E-state index contributed by atoms with van der Waals surface area (Å²) in [5.74, 6) is 0.742. The Morgan fingerprint density at radius 2 is 1.64 bits per heavy atom. The van der Waals surface area contributed by atoms with Crippen LogP contribution < -0.4 is 0 Å². The summed E-state index contributed by atoms with van der Waals surface area (Å²) in [7, 11) is 4.92. The number of methoxy groups -OCH3 is 3. The highest BCUT2D eigenvalue weighted by Crippen LogP contribution is 2.49. The van der Waals surface area contributed by atoms with Gasteiger partial charge in [-0.1, -0.05) is 12.2 Å². The number of hydrogen-bond donors (Lipinski definition) is 0. The largest absolute Gasteiger partial charge is 0.331 e. The molecule has 0 N–H and O–H groups in total. The van der Waals surface area contributed by atoms with Crippen LogP contribution in [0, 0.1) is 17.8 Å². The van der Waals surface area contributed by atoms with Crippen LogP contribution in [-0.2, 0) is 14.2 Å². The molecule has 3 heteroatoms. The van der Waals surface area contributed by atoms with Gasteiger partial charge in [0.25, 0.3) is 5.97 Å². The van der Waals surface area contributed by atoms with Crippen LogP contribution in [0.15, 0.2) is 12.2 Å². The number of hydrogen-bond acceptors (Lipinski definition) is 3. The lowest BCUT2D eigenvalue weighted by Crippen LogP contribution is -2.45. The monoisotopic (exact) mass is 198 g/mol. The maximum Gasteiger partial charge on any atom is 0.285 e. The van der Waals surface area contributed by atoms with Gasteiger partial charge >= 0.3 is 0 Å². The third-order valence-corrected chi connectivity index (χ3v) is 3.59. The van der Waals surface area contributed by atoms with Crippen molar-refractivity contribution in [3.8, 4) is 0 Å². The summed E-state index contributed by atoms with van der Waals surface area (Å²) >= 11 is 0. The van der Waals surface area contributed by atoms with E-state index in [2.05, 4.69) is 12.2 Å². The molecule has 2 rings (SSSR count). The van der Waals surface area contributed by atoms with Gasteiger partial charge in [-0.2, -0.15) is 0 Å². The van der Waals surface area contributed by atoms with E-state index in [1.807, 2.05) is 0 Å². The van der Waals surface area contributed by atoms with Crippen LogP contribution in [0.5, 0.6) is 0 Å². The minimum absolute atomic E-state index is 0.331. The topological polar surface area (TPSA) is 27.7 Å². The van der Waals surface area contributed by atoms with E-state index in [0.29, 0.717) is 17.8 Å². The number of allylic oxidation sites excluding steroid dienone is 2. The average molecular weight is 198 g/mol. The Morgan fingerprint density at radius 1 is 1.00 bits per heavy atom. The first-order valence-electron chi connectivity index (χ1n) is 5.09. The van der Waals surface area contributed by atoms with Gasteiger partial charge in [0, 0.05) is 27.2 Å². The molecule has 0 heterocycles. The lowest BCUT2D eigenvalue weighted by Gasteiger charge is -2.37. The molecule has 80 valence electrons. The first kappa shape index (κ1) is 10.1. The molecule has 3 atom stereocenters. The highest BCUT2D eigenvalue weighted by molar-refractivity contribution is 5.11. The first-order chi connectivity index (χ1) is 6.75. The molecular weight excluding hydrogens is 180 g/mol. The van der Waals surface area contributed by atoms with Gasteiger partial charge in [0.05, 0.1) is 0 Å². The fourth-order valence-electron chi connectivity index (χ4n) is 2.89. The molecule has 0 spiro atoms. The van der Waals surface area contributed by atoms with E-state index in [0.717, 1.165) is 6.42 Å². The standard InChI is InChI=1S/C11H18O3/c1-12-11(13-2,14-3)10-7-8-4-5-9(10)6-8/h4-5,8-10H,6-7H2,1-3H3/t8-,9+,10-/m1/s1. The fraction of sp³-hybridized carbons (Fsp3) is 0.818. The molecule has 2 aliphatic carbocycles. The summed E-state index contributed by atoms with van der Waals surface area (Å²) in [6.45, 7) is 0. The Hall–Kier alpha value is -0.380. The Kier molecular flexibility index (Phi) is 2.64. The van der Waals surface area contributed by atoms with E-state index >= 15 is 0 Å². The maximum absolute atomic E-state index is 5.39. The van der Waals surface area contributed by atoms with Crippen LogP contribution in [0.2, 0.25) is 0 Å². The predicted octanol–water partition coefficient (Wildman–Crippen LogP) is 1.79. The van der Waals surface area contributed by atoms with Crippen molar-refractivity contribution < 1.29 is 14.2 Å². The third kappa shape index (κ3) is 1.31. The van der Waals surface area contributed by atoms with E-state index in [9.17, 15) is 0 Å². The molecular formula is C11H18O3. The van der Waals surface area contributed by atoms with Crippen LogP contribution in [-0.4, -0.2) is 27.3 Å². The van der Waals surface area contributed by atoms with Gasteiger partial charge in [0.2, 0.25) is 0 Å². The average Bonchev–Trinajstić information content (AvgIpc) is 2.83. The van der Waals surface area contributed by atoms with Gasteiger partial charge in [0.1, 0.15) is 0 Å². The molecule has 0 aliphatic heterocycles. The number of ether oxygens (including phenoxy) is 3. The summed E-state index contributed by atoms with van der Waals surface area (Å²) in [4.78, 5) is 0. The SMILES string of the molecule is COC(OC)(OC)[C@@H]1C[C@@H]2C=C[C@H]1C2. The van der Waals surface area contributed by atoms with E-state index in [1.165, 1.54) is 6.42 Å². The van der Waals surface area contributed by atoms with Crippen molar-refractivity contribution in [2.75, 3.05) is 21.3 Å². The molecule has 2 aliphatic rings. The molecule has 0 amide bonds. The Morgan fingerprint density at radius 3 is 2.00 bits per heavy atom. The van der Waals surface area contributed by atoms with Crippen molar-refractivity contribution in [3.63, 3.8) is 0 Å². The van der Waals surface area contributed by atoms with Crippen LogP contribution in [0.25, 0.3) is 0 Å². The van der Waals surface area contributed by atoms with Crippen molar-refractivity contribution in [2.24, 2.45) is 17.8 Å². The second-order valence-corrected chi connectivity index (χ2v) is 4.10. The summed E-state index contributed by atoms with van der Waals surface area (Å²) in [6.07, 6.45) is 6.90. The van der Waals surface area contributed by atoms with Crippen LogP contribution >= 0.6 is 0 Å². The van der Waals surface area contributed by atoms with Gasteiger partial charge < -0.3 is 14.2 Å². The second kappa shape index (κ2) is 3.65. The lowest BCUT2D eigenvalue weighted by molar-refractivity contribution is -0.381. The number of fused-ring (bicyclic) bond motifs is 2. The van der Waals surface area contributed by atoms with Crippen molar-refractivity contribution in [2.45, 2.75) is 18.8 Å². The zero-order valence-corrected chi connectivity index (χ0v) is 9.03.